The molecule has 0 aliphatic heterocycles. The predicted octanol–water partition coefficient (Wildman–Crippen LogP) is 0.436. The van der Waals surface area contributed by atoms with Gasteiger partial charge in [-0.25, -0.2) is 5.10 Å². The number of nitrogens with one attached hydrogen (secondary N) is 2. The average molecular weight is 277 g/mol. The lowest BCUT2D eigenvalue weighted by Gasteiger charge is -2.02. The van der Waals surface area contributed by atoms with E-state index in [4.69, 9.17) is 5.73 Å². The van der Waals surface area contributed by atoms with Gasteiger partial charge >= 0.3 is 0 Å². The predicted molar refractivity (Wildman–Crippen MR) is 70.4 cm³/mol. The number of nitrogens with zero attached hydrogens (tertiary/aromatic N) is 2. The highest BCUT2D eigenvalue weighted by molar-refractivity contribution is 7.99. The van der Waals surface area contributed by atoms with Gasteiger partial charge in [-0.3, -0.25) is 14.9 Å². The van der Waals surface area contributed by atoms with E-state index in [1.807, 2.05) is 0 Å². The van der Waals surface area contributed by atoms with Crippen LogP contribution >= 0.6 is 11.8 Å². The molecule has 0 aliphatic rings. The Morgan fingerprint density at radius 3 is 2.68 bits per heavy atom. The largest absolute Gasteiger partial charge is 0.368 e. The molecule has 98 valence electrons. The van der Waals surface area contributed by atoms with E-state index in [2.05, 4.69) is 20.5 Å². The van der Waals surface area contributed by atoms with Gasteiger partial charge in [0, 0.05) is 5.56 Å². The summed E-state index contributed by atoms with van der Waals surface area (Å²) in [6.45, 7) is 0. The number of carbonyl (C=O) groups excluding carboxylic acids is 2. The topological polar surface area (TPSA) is 114 Å². The first kappa shape index (κ1) is 13.1. The molecule has 0 fully saturated rings. The van der Waals surface area contributed by atoms with Crippen LogP contribution in [-0.4, -0.2) is 32.7 Å². The molecule has 0 radical (unpaired) electrons. The first-order valence-corrected chi connectivity index (χ1v) is 6.33. The Kier molecular flexibility index (Phi) is 4.14. The van der Waals surface area contributed by atoms with Crippen LogP contribution < -0.4 is 11.1 Å². The second-order valence-corrected chi connectivity index (χ2v) is 4.48. The summed E-state index contributed by atoms with van der Waals surface area (Å²) in [4.78, 5) is 27.1. The van der Waals surface area contributed by atoms with Gasteiger partial charge in [-0.1, -0.05) is 30.0 Å². The van der Waals surface area contributed by atoms with Crippen molar-refractivity contribution in [1.82, 2.24) is 20.5 Å². The zero-order valence-corrected chi connectivity index (χ0v) is 10.6. The summed E-state index contributed by atoms with van der Waals surface area (Å²) >= 11 is 1.09. The molecule has 8 heteroatoms. The zero-order valence-electron chi connectivity index (χ0n) is 9.79. The highest BCUT2D eigenvalue weighted by Gasteiger charge is 2.11. The van der Waals surface area contributed by atoms with Gasteiger partial charge in [-0.05, 0) is 12.1 Å². The summed E-state index contributed by atoms with van der Waals surface area (Å²) in [5.41, 5.74) is 5.78. The second kappa shape index (κ2) is 6.01. The van der Waals surface area contributed by atoms with Crippen LogP contribution in [0.5, 0.6) is 0 Å². The van der Waals surface area contributed by atoms with Crippen LogP contribution in [0.15, 0.2) is 35.5 Å². The third-order valence-electron chi connectivity index (χ3n) is 2.10. The molecule has 1 aromatic carbocycles. The fourth-order valence-electron chi connectivity index (χ4n) is 1.28. The Bertz CT molecular complexity index is 584. The van der Waals surface area contributed by atoms with E-state index in [-0.39, 0.29) is 11.7 Å². The quantitative estimate of drug-likeness (QED) is 0.698. The molecular weight excluding hydrogens is 266 g/mol. The molecule has 2 rings (SSSR count). The Labute approximate surface area is 113 Å². The van der Waals surface area contributed by atoms with Crippen LogP contribution in [0.25, 0.3) is 0 Å². The van der Waals surface area contributed by atoms with Crippen molar-refractivity contribution in [2.75, 3.05) is 11.5 Å². The number of amides is 2. The monoisotopic (exact) mass is 277 g/mol. The molecule has 7 nitrogen and oxygen atoms in total. The van der Waals surface area contributed by atoms with E-state index >= 15 is 0 Å². The van der Waals surface area contributed by atoms with E-state index in [0.29, 0.717) is 10.7 Å². The van der Waals surface area contributed by atoms with Gasteiger partial charge in [0.2, 0.25) is 17.0 Å². The molecule has 2 aromatic rings. The number of benzene rings is 1. The number of hydrogen-bond acceptors (Lipinski definition) is 6. The number of nitrogens with two attached hydrogens (primary N) is 1. The van der Waals surface area contributed by atoms with Crippen molar-refractivity contribution in [3.63, 3.8) is 0 Å². The normalized spacial score (nSPS) is 10.1. The smallest absolute Gasteiger partial charge is 0.257 e. The van der Waals surface area contributed by atoms with Gasteiger partial charge in [-0.2, -0.15) is 4.98 Å². The number of hydrogen-bond donors (Lipinski definition) is 3. The number of rotatable bonds is 4. The number of H-pyrrole nitrogens is 1. The van der Waals surface area contributed by atoms with Crippen molar-refractivity contribution in [3.05, 3.63) is 35.9 Å². The van der Waals surface area contributed by atoms with Crippen LogP contribution in [0, 0.1) is 0 Å². The minimum Gasteiger partial charge on any atom is -0.368 e. The lowest BCUT2D eigenvalue weighted by molar-refractivity contribution is -0.117. The Morgan fingerprint density at radius 1 is 1.32 bits per heavy atom. The van der Waals surface area contributed by atoms with Gasteiger partial charge in [0.15, 0.2) is 0 Å². The maximum Gasteiger partial charge on any atom is 0.257 e. The van der Waals surface area contributed by atoms with Crippen LogP contribution in [0.2, 0.25) is 0 Å². The van der Waals surface area contributed by atoms with Gasteiger partial charge in [0.05, 0.1) is 5.75 Å². The summed E-state index contributed by atoms with van der Waals surface area (Å²) in [5, 5.41) is 8.86. The fourth-order valence-corrected chi connectivity index (χ4v) is 1.88. The fraction of sp³-hybridized carbons (Fsp3) is 0.0909. The third-order valence-corrected chi connectivity index (χ3v) is 2.95. The van der Waals surface area contributed by atoms with Crippen molar-refractivity contribution in [2.45, 2.75) is 5.16 Å². The van der Waals surface area contributed by atoms with E-state index < -0.39 is 11.8 Å². The van der Waals surface area contributed by atoms with Crippen molar-refractivity contribution in [2.24, 2.45) is 0 Å². The van der Waals surface area contributed by atoms with Gasteiger partial charge < -0.3 is 5.73 Å². The van der Waals surface area contributed by atoms with Crippen molar-refractivity contribution < 1.29 is 9.59 Å². The lowest BCUT2D eigenvalue weighted by Crippen LogP contribution is -2.31. The highest BCUT2D eigenvalue weighted by Crippen LogP contribution is 2.12. The maximum absolute atomic E-state index is 11.7. The Hall–Kier alpha value is -2.35. The SMILES string of the molecule is Nc1nc(SCC(=O)NC(=O)c2ccccc2)n[nH]1. The number of aromatic amines is 1. The van der Waals surface area contributed by atoms with E-state index in [9.17, 15) is 9.59 Å². The first-order chi connectivity index (χ1) is 9.15. The van der Waals surface area contributed by atoms with Crippen LogP contribution in [0.3, 0.4) is 0 Å². The number of imide groups is 1. The Morgan fingerprint density at radius 2 is 2.05 bits per heavy atom. The highest BCUT2D eigenvalue weighted by atomic mass is 32.2. The van der Waals surface area contributed by atoms with Crippen molar-refractivity contribution >= 4 is 29.5 Å². The molecule has 0 atom stereocenters. The van der Waals surface area contributed by atoms with Crippen molar-refractivity contribution in [1.29, 1.82) is 0 Å². The maximum atomic E-state index is 11.7. The van der Waals surface area contributed by atoms with E-state index in [1.54, 1.807) is 30.3 Å². The summed E-state index contributed by atoms with van der Waals surface area (Å²) in [5.74, 6) is -0.623. The molecule has 0 bridgehead atoms. The molecule has 0 unspecified atom stereocenters. The van der Waals surface area contributed by atoms with Gasteiger partial charge in [-0.15, -0.1) is 5.10 Å². The average Bonchev–Trinajstić information content (AvgIpc) is 2.83. The third kappa shape index (κ3) is 3.81. The van der Waals surface area contributed by atoms with Crippen LogP contribution in [-0.2, 0) is 4.79 Å². The second-order valence-electron chi connectivity index (χ2n) is 3.54. The first-order valence-electron chi connectivity index (χ1n) is 5.35. The molecule has 1 aromatic heterocycles. The number of nitrogen functional groups attached to an aromatic ring is 1. The van der Waals surface area contributed by atoms with Gasteiger partial charge in [0.25, 0.3) is 5.91 Å². The molecule has 2 amide bonds. The standard InChI is InChI=1S/C11H11N5O2S/c12-10-14-11(16-15-10)19-6-8(17)13-9(18)7-4-2-1-3-5-7/h1-5H,6H2,(H,13,17,18)(H3,12,14,15,16). The molecule has 0 spiro atoms. The molecule has 4 N–H and O–H groups in total. The van der Waals surface area contributed by atoms with Gasteiger partial charge in [0.1, 0.15) is 0 Å². The summed E-state index contributed by atoms with van der Waals surface area (Å²) < 4.78 is 0. The summed E-state index contributed by atoms with van der Waals surface area (Å²) in [7, 11) is 0. The Balaban J connectivity index is 1.83. The molecule has 1 heterocycles. The van der Waals surface area contributed by atoms with E-state index in [1.165, 1.54) is 0 Å². The van der Waals surface area contributed by atoms with Crippen LogP contribution in [0.1, 0.15) is 10.4 Å². The molecule has 0 saturated heterocycles. The molecular formula is C11H11N5O2S. The number of aromatic nitrogens is 3. The van der Waals surface area contributed by atoms with Crippen molar-refractivity contribution in [3.8, 4) is 0 Å². The lowest BCUT2D eigenvalue weighted by atomic mass is 10.2. The minimum absolute atomic E-state index is 0.0376. The minimum atomic E-state index is -0.430. The molecule has 0 saturated carbocycles. The number of carbonyl (C=O) groups is 2. The van der Waals surface area contributed by atoms with E-state index in [0.717, 1.165) is 11.8 Å². The number of thioether (sulfide) groups is 1. The summed E-state index contributed by atoms with van der Waals surface area (Å²) in [6.07, 6.45) is 0. The summed E-state index contributed by atoms with van der Waals surface area (Å²) in [6, 6.07) is 8.51. The molecule has 19 heavy (non-hydrogen) atoms. The zero-order chi connectivity index (χ0) is 13.7. The number of anilines is 1. The van der Waals surface area contributed by atoms with Crippen LogP contribution in [0.4, 0.5) is 5.95 Å². The molecule has 0 aliphatic carbocycles.